The van der Waals surface area contributed by atoms with E-state index in [2.05, 4.69) is 5.32 Å². The van der Waals surface area contributed by atoms with Crippen molar-refractivity contribution in [3.05, 3.63) is 95.0 Å². The lowest BCUT2D eigenvalue weighted by molar-refractivity contribution is -0.128. The Morgan fingerprint density at radius 2 is 1.77 bits per heavy atom. The summed E-state index contributed by atoms with van der Waals surface area (Å²) in [5.41, 5.74) is 0.0157. The van der Waals surface area contributed by atoms with Gasteiger partial charge in [0, 0.05) is 30.2 Å². The monoisotopic (exact) mass is 570 g/mol. The van der Waals surface area contributed by atoms with Crippen molar-refractivity contribution in [2.24, 2.45) is 4.99 Å². The molecule has 3 aromatic carbocycles. The van der Waals surface area contributed by atoms with Crippen LogP contribution >= 0.6 is 11.6 Å². The third-order valence-electron chi connectivity index (χ3n) is 6.55. The topological polar surface area (TPSA) is 114 Å². The number of sulfone groups is 1. The van der Waals surface area contributed by atoms with Crippen LogP contribution in [-0.4, -0.2) is 55.9 Å². The lowest BCUT2D eigenvalue weighted by Crippen LogP contribution is -2.51. The number of nitrogens with zero attached hydrogens (tertiary/aromatic N) is 1. The number of amides is 1. The summed E-state index contributed by atoms with van der Waals surface area (Å²) in [4.78, 5) is 18.6. The van der Waals surface area contributed by atoms with E-state index in [0.717, 1.165) is 5.56 Å². The number of aliphatic hydroxyl groups excluding tert-OH is 1. The van der Waals surface area contributed by atoms with E-state index in [1.54, 1.807) is 61.5 Å². The van der Waals surface area contributed by atoms with Crippen LogP contribution in [0.2, 0.25) is 5.02 Å². The van der Waals surface area contributed by atoms with Crippen molar-refractivity contribution in [2.45, 2.75) is 42.8 Å². The second-order valence-corrected chi connectivity index (χ2v) is 11.8. The van der Waals surface area contributed by atoms with Gasteiger partial charge in [-0.2, -0.15) is 0 Å². The van der Waals surface area contributed by atoms with Gasteiger partial charge < -0.3 is 19.9 Å². The summed E-state index contributed by atoms with van der Waals surface area (Å²) < 4.78 is 37.9. The van der Waals surface area contributed by atoms with E-state index in [9.17, 15) is 13.2 Å². The summed E-state index contributed by atoms with van der Waals surface area (Å²) in [5.74, 6) is 0.170. The van der Waals surface area contributed by atoms with Crippen LogP contribution in [0.5, 0.6) is 5.75 Å². The van der Waals surface area contributed by atoms with Crippen molar-refractivity contribution in [2.75, 3.05) is 19.0 Å². The first-order valence-electron chi connectivity index (χ1n) is 12.6. The number of aliphatic hydroxyl groups is 1. The molecule has 4 rings (SSSR count). The van der Waals surface area contributed by atoms with Crippen LogP contribution in [-0.2, 0) is 25.9 Å². The molecule has 8 nitrogen and oxygen atoms in total. The highest BCUT2D eigenvalue weighted by molar-refractivity contribution is 7.91. The van der Waals surface area contributed by atoms with Gasteiger partial charge >= 0.3 is 0 Å². The van der Waals surface area contributed by atoms with E-state index in [-0.39, 0.29) is 36.1 Å². The van der Waals surface area contributed by atoms with Gasteiger partial charge in [-0.1, -0.05) is 41.9 Å². The zero-order chi connectivity index (χ0) is 27.9. The molecule has 0 spiro atoms. The predicted molar refractivity (Wildman–Crippen MR) is 150 cm³/mol. The largest absolute Gasteiger partial charge is 0.494 e. The van der Waals surface area contributed by atoms with Crippen molar-refractivity contribution in [3.8, 4) is 5.75 Å². The number of hydrogen-bond acceptors (Lipinski definition) is 7. The molecule has 3 aromatic rings. The number of hydrogen-bond donors (Lipinski definition) is 2. The summed E-state index contributed by atoms with van der Waals surface area (Å²) in [6, 6.07) is 22.3. The highest BCUT2D eigenvalue weighted by Gasteiger charge is 2.50. The van der Waals surface area contributed by atoms with Gasteiger partial charge in [0.2, 0.25) is 5.90 Å². The highest BCUT2D eigenvalue weighted by Crippen LogP contribution is 2.34. The Hall–Kier alpha value is -3.40. The molecule has 0 saturated carbocycles. The quantitative estimate of drug-likeness (QED) is 0.316. The zero-order valence-corrected chi connectivity index (χ0v) is 23.1. The molecule has 0 saturated heterocycles. The maximum absolute atomic E-state index is 13.7. The van der Waals surface area contributed by atoms with Crippen molar-refractivity contribution in [1.82, 2.24) is 5.32 Å². The second-order valence-electron chi connectivity index (χ2n) is 9.24. The molecule has 1 aliphatic rings. The van der Waals surface area contributed by atoms with Gasteiger partial charge in [-0.15, -0.1) is 0 Å². The fourth-order valence-electron chi connectivity index (χ4n) is 4.23. The molecule has 2 atom stereocenters. The van der Waals surface area contributed by atoms with E-state index in [1.807, 2.05) is 12.1 Å². The van der Waals surface area contributed by atoms with Crippen molar-refractivity contribution in [1.29, 1.82) is 0 Å². The summed E-state index contributed by atoms with van der Waals surface area (Å²) in [7, 11) is -3.67. The number of nitrogens with one attached hydrogen (secondary N) is 1. The maximum atomic E-state index is 13.7. The number of rotatable bonds is 12. The smallest absolute Gasteiger partial charge is 0.252 e. The third-order valence-corrected chi connectivity index (χ3v) is 8.53. The van der Waals surface area contributed by atoms with Gasteiger partial charge in [-0.25, -0.2) is 13.4 Å². The van der Waals surface area contributed by atoms with Gasteiger partial charge in [-0.3, -0.25) is 4.79 Å². The van der Waals surface area contributed by atoms with E-state index < -0.39 is 27.4 Å². The van der Waals surface area contributed by atoms with Crippen LogP contribution in [0.3, 0.4) is 0 Å². The molecule has 39 heavy (non-hydrogen) atoms. The van der Waals surface area contributed by atoms with Gasteiger partial charge in [0.15, 0.2) is 15.4 Å². The lowest BCUT2D eigenvalue weighted by atomic mass is 9.90. The number of aliphatic imine (C=N–C) groups is 1. The van der Waals surface area contributed by atoms with E-state index in [0.29, 0.717) is 29.4 Å². The molecule has 1 aliphatic heterocycles. The first kappa shape index (κ1) is 28.6. The first-order valence-corrected chi connectivity index (χ1v) is 14.7. The van der Waals surface area contributed by atoms with Crippen molar-refractivity contribution in [3.63, 3.8) is 0 Å². The summed E-state index contributed by atoms with van der Waals surface area (Å²) >= 11 is 5.97. The second kappa shape index (κ2) is 12.6. The SMILES string of the molecule is C[C@H]1OC(c2ccc(OCCCO)cc2)=N[C@@]1(CCS(=O)(=O)c1ccccc1)C(=O)NCc1ccc(Cl)cc1. The molecule has 10 heteroatoms. The van der Waals surface area contributed by atoms with E-state index >= 15 is 0 Å². The normalized spacial score (nSPS) is 18.7. The Morgan fingerprint density at radius 3 is 2.44 bits per heavy atom. The Balaban J connectivity index is 1.59. The average Bonchev–Trinajstić information content (AvgIpc) is 3.29. The molecule has 1 heterocycles. The van der Waals surface area contributed by atoms with Crippen molar-refractivity contribution >= 4 is 33.2 Å². The van der Waals surface area contributed by atoms with Crippen molar-refractivity contribution < 1.29 is 27.8 Å². The third kappa shape index (κ3) is 6.98. The molecule has 0 radical (unpaired) electrons. The van der Waals surface area contributed by atoms with Crippen LogP contribution in [0.1, 0.15) is 30.9 Å². The molecule has 206 valence electrons. The zero-order valence-electron chi connectivity index (χ0n) is 21.5. The standard InChI is InChI=1S/C29H31ClN2O6S/c1-21-29(16-19-39(35,36)26-6-3-2-4-7-26,28(34)31-20-22-8-12-24(30)13-9-22)32-27(38-21)23-10-14-25(15-11-23)37-18-5-17-33/h2-4,6-15,21,33H,5,16-20H2,1H3,(H,31,34)/t21-,29-/m1/s1. The summed E-state index contributed by atoms with van der Waals surface area (Å²) in [6.07, 6.45) is -0.262. The maximum Gasteiger partial charge on any atom is 0.252 e. The number of ether oxygens (including phenoxy) is 2. The Morgan fingerprint density at radius 1 is 1.08 bits per heavy atom. The molecule has 0 bridgehead atoms. The fourth-order valence-corrected chi connectivity index (χ4v) is 5.74. The highest BCUT2D eigenvalue weighted by atomic mass is 35.5. The van der Waals surface area contributed by atoms with Crippen LogP contribution in [0.4, 0.5) is 0 Å². The molecule has 2 N–H and O–H groups in total. The molecule has 1 amide bonds. The van der Waals surface area contributed by atoms with Crippen LogP contribution in [0.25, 0.3) is 0 Å². The van der Waals surface area contributed by atoms with E-state index in [4.69, 9.17) is 31.2 Å². The molecular formula is C29H31ClN2O6S. The summed E-state index contributed by atoms with van der Waals surface area (Å²) in [6.45, 7) is 2.38. The predicted octanol–water partition coefficient (Wildman–Crippen LogP) is 4.19. The number of carbonyl (C=O) groups is 1. The molecule has 0 aromatic heterocycles. The van der Waals surface area contributed by atoms with E-state index in [1.165, 1.54) is 12.1 Å². The van der Waals surface area contributed by atoms with Crippen LogP contribution < -0.4 is 10.1 Å². The van der Waals surface area contributed by atoms with Crippen LogP contribution in [0.15, 0.2) is 88.8 Å². The number of halogens is 1. The lowest BCUT2D eigenvalue weighted by Gasteiger charge is -2.28. The summed E-state index contributed by atoms with van der Waals surface area (Å²) in [5, 5.41) is 12.4. The van der Waals surface area contributed by atoms with Gasteiger partial charge in [0.05, 0.1) is 17.3 Å². The van der Waals surface area contributed by atoms with Gasteiger partial charge in [0.1, 0.15) is 11.9 Å². The Labute approximate surface area is 233 Å². The number of carbonyl (C=O) groups excluding carboxylic acids is 1. The minimum absolute atomic E-state index is 0.0444. The van der Waals surface area contributed by atoms with Gasteiger partial charge in [0.25, 0.3) is 5.91 Å². The first-order chi connectivity index (χ1) is 18.7. The minimum Gasteiger partial charge on any atom is -0.494 e. The molecule has 0 aliphatic carbocycles. The fraction of sp³-hybridized carbons (Fsp3) is 0.310. The molecule has 0 fully saturated rings. The average molecular weight is 571 g/mol. The number of benzene rings is 3. The van der Waals surface area contributed by atoms with Crippen LogP contribution in [0, 0.1) is 0 Å². The minimum atomic E-state index is -3.67. The molecular weight excluding hydrogens is 540 g/mol. The Bertz CT molecular complexity index is 1400. The van der Waals surface area contributed by atoms with Gasteiger partial charge in [-0.05, 0) is 67.4 Å². The molecule has 0 unspecified atom stereocenters. The Kier molecular flexibility index (Phi) is 9.27.